The molecule has 1 saturated carbocycles. The van der Waals surface area contributed by atoms with Crippen LogP contribution in [0.3, 0.4) is 0 Å². The Morgan fingerprint density at radius 3 is 2.38 bits per heavy atom. The van der Waals surface area contributed by atoms with Gasteiger partial charge in [0.15, 0.2) is 5.96 Å². The molecule has 2 aliphatic rings. The largest absolute Gasteiger partial charge is 0.368 e. The molecule has 3 rings (SSSR count). The van der Waals surface area contributed by atoms with E-state index in [1.165, 1.54) is 6.42 Å². The first-order chi connectivity index (χ1) is 12.1. The standard InChI is InChI=1S/C18H26ClN5O.HI/c1-13-11-16(13)22-18(20-2)21-12-17(25)24-9-7-23(8-10-24)15-5-3-14(19)4-6-15;/h3-6,13,16H,7-12H2,1-2H3,(H2,20,21,22);1H. The molecular formula is C18H27ClIN5O. The van der Waals surface area contributed by atoms with Crippen LogP contribution in [0, 0.1) is 5.92 Å². The third kappa shape index (κ3) is 5.64. The fourth-order valence-corrected chi connectivity index (χ4v) is 3.16. The molecule has 8 heteroatoms. The number of halogens is 2. The van der Waals surface area contributed by atoms with Gasteiger partial charge < -0.3 is 20.4 Å². The van der Waals surface area contributed by atoms with E-state index in [4.69, 9.17) is 11.6 Å². The van der Waals surface area contributed by atoms with Crippen LogP contribution in [0.1, 0.15) is 13.3 Å². The smallest absolute Gasteiger partial charge is 0.242 e. The Morgan fingerprint density at radius 2 is 1.85 bits per heavy atom. The molecule has 1 saturated heterocycles. The minimum absolute atomic E-state index is 0. The van der Waals surface area contributed by atoms with Gasteiger partial charge in [-0.2, -0.15) is 0 Å². The molecule has 0 bridgehead atoms. The topological polar surface area (TPSA) is 60.0 Å². The van der Waals surface area contributed by atoms with Crippen molar-refractivity contribution in [1.82, 2.24) is 15.5 Å². The van der Waals surface area contributed by atoms with E-state index in [-0.39, 0.29) is 36.4 Å². The summed E-state index contributed by atoms with van der Waals surface area (Å²) in [6.07, 6.45) is 1.17. The number of rotatable bonds is 4. The van der Waals surface area contributed by atoms with Crippen molar-refractivity contribution >= 4 is 53.1 Å². The molecule has 1 aliphatic carbocycles. The van der Waals surface area contributed by atoms with Crippen LogP contribution in [0.5, 0.6) is 0 Å². The number of hydrogen-bond donors (Lipinski definition) is 2. The van der Waals surface area contributed by atoms with Gasteiger partial charge in [0.1, 0.15) is 0 Å². The lowest BCUT2D eigenvalue weighted by atomic mass is 10.2. The van der Waals surface area contributed by atoms with Crippen LogP contribution in [-0.4, -0.2) is 62.6 Å². The monoisotopic (exact) mass is 491 g/mol. The summed E-state index contributed by atoms with van der Waals surface area (Å²) >= 11 is 5.94. The van der Waals surface area contributed by atoms with Crippen molar-refractivity contribution in [2.75, 3.05) is 44.7 Å². The first-order valence-electron chi connectivity index (χ1n) is 8.82. The van der Waals surface area contributed by atoms with Crippen LogP contribution in [0.4, 0.5) is 5.69 Å². The highest BCUT2D eigenvalue weighted by atomic mass is 127. The Labute approximate surface area is 177 Å². The summed E-state index contributed by atoms with van der Waals surface area (Å²) < 4.78 is 0. The molecule has 1 aromatic rings. The van der Waals surface area contributed by atoms with Gasteiger partial charge in [0.25, 0.3) is 0 Å². The van der Waals surface area contributed by atoms with Gasteiger partial charge in [-0.15, -0.1) is 24.0 Å². The summed E-state index contributed by atoms with van der Waals surface area (Å²) in [7, 11) is 1.73. The Hall–Kier alpha value is -1.22. The van der Waals surface area contributed by atoms with Crippen LogP contribution >= 0.6 is 35.6 Å². The number of anilines is 1. The van der Waals surface area contributed by atoms with Crippen LogP contribution in [0.25, 0.3) is 0 Å². The first kappa shape index (κ1) is 21.1. The molecule has 1 amide bonds. The summed E-state index contributed by atoms with van der Waals surface area (Å²) in [5, 5.41) is 7.20. The molecule has 1 aromatic carbocycles. The number of nitrogens with zero attached hydrogens (tertiary/aromatic N) is 3. The van der Waals surface area contributed by atoms with Gasteiger partial charge in [-0.05, 0) is 36.6 Å². The average Bonchev–Trinajstić information content (AvgIpc) is 3.33. The Bertz CT molecular complexity index is 631. The highest BCUT2D eigenvalue weighted by molar-refractivity contribution is 14.0. The number of carbonyl (C=O) groups excluding carboxylic acids is 1. The number of piperazine rings is 1. The molecule has 2 N–H and O–H groups in total. The van der Waals surface area contributed by atoms with Crippen LogP contribution < -0.4 is 15.5 Å². The second-order valence-corrected chi connectivity index (χ2v) is 7.17. The van der Waals surface area contributed by atoms with Crippen molar-refractivity contribution in [3.8, 4) is 0 Å². The molecule has 0 spiro atoms. The van der Waals surface area contributed by atoms with Crippen LogP contribution in [0.15, 0.2) is 29.3 Å². The highest BCUT2D eigenvalue weighted by Gasteiger charge is 2.33. The van der Waals surface area contributed by atoms with Crippen molar-refractivity contribution in [2.45, 2.75) is 19.4 Å². The van der Waals surface area contributed by atoms with Crippen molar-refractivity contribution < 1.29 is 4.79 Å². The second kappa shape index (κ2) is 9.64. The number of guanidine groups is 1. The number of hydrogen-bond acceptors (Lipinski definition) is 3. The van der Waals surface area contributed by atoms with Crippen molar-refractivity contribution in [3.63, 3.8) is 0 Å². The van der Waals surface area contributed by atoms with E-state index < -0.39 is 0 Å². The summed E-state index contributed by atoms with van der Waals surface area (Å²) in [5.41, 5.74) is 1.15. The fraction of sp³-hybridized carbons (Fsp3) is 0.556. The predicted octanol–water partition coefficient (Wildman–Crippen LogP) is 2.18. The van der Waals surface area contributed by atoms with Gasteiger partial charge in [0.05, 0.1) is 6.54 Å². The number of benzene rings is 1. The quantitative estimate of drug-likeness (QED) is 0.385. The van der Waals surface area contributed by atoms with E-state index >= 15 is 0 Å². The molecule has 144 valence electrons. The number of carbonyl (C=O) groups is 1. The Balaban J connectivity index is 0.00000243. The molecule has 2 fully saturated rings. The van der Waals surface area contributed by atoms with E-state index in [1.54, 1.807) is 7.05 Å². The van der Waals surface area contributed by atoms with Gasteiger partial charge in [0, 0.05) is 50.0 Å². The maximum atomic E-state index is 12.4. The lowest BCUT2D eigenvalue weighted by Gasteiger charge is -2.36. The van der Waals surface area contributed by atoms with E-state index in [0.29, 0.717) is 17.9 Å². The van der Waals surface area contributed by atoms with E-state index in [0.717, 1.165) is 36.9 Å². The Morgan fingerprint density at radius 1 is 1.23 bits per heavy atom. The maximum absolute atomic E-state index is 12.4. The predicted molar refractivity (Wildman–Crippen MR) is 118 cm³/mol. The minimum atomic E-state index is 0. The Kier molecular flexibility index (Phi) is 7.82. The van der Waals surface area contributed by atoms with E-state index in [9.17, 15) is 4.79 Å². The average molecular weight is 492 g/mol. The molecule has 6 nitrogen and oxygen atoms in total. The third-order valence-electron chi connectivity index (χ3n) is 4.89. The van der Waals surface area contributed by atoms with Crippen molar-refractivity contribution in [2.24, 2.45) is 10.9 Å². The SMILES string of the molecule is CN=C(NCC(=O)N1CCN(c2ccc(Cl)cc2)CC1)NC1CC1C.I. The molecule has 0 radical (unpaired) electrons. The van der Waals surface area contributed by atoms with E-state index in [1.807, 2.05) is 29.2 Å². The summed E-state index contributed by atoms with van der Waals surface area (Å²) in [6, 6.07) is 8.34. The number of nitrogens with one attached hydrogen (secondary N) is 2. The van der Waals surface area contributed by atoms with Crippen LogP contribution in [0.2, 0.25) is 5.02 Å². The molecule has 2 atom stereocenters. The first-order valence-corrected chi connectivity index (χ1v) is 9.20. The fourth-order valence-electron chi connectivity index (χ4n) is 3.03. The summed E-state index contributed by atoms with van der Waals surface area (Å²) in [4.78, 5) is 20.8. The van der Waals surface area contributed by atoms with Crippen molar-refractivity contribution in [1.29, 1.82) is 0 Å². The van der Waals surface area contributed by atoms with Crippen molar-refractivity contribution in [3.05, 3.63) is 29.3 Å². The van der Waals surface area contributed by atoms with E-state index in [2.05, 4.69) is 27.4 Å². The molecule has 0 aromatic heterocycles. The van der Waals surface area contributed by atoms with Gasteiger partial charge in [-0.3, -0.25) is 9.79 Å². The molecular weight excluding hydrogens is 465 g/mol. The van der Waals surface area contributed by atoms with Gasteiger partial charge in [-0.1, -0.05) is 18.5 Å². The molecule has 2 unspecified atom stereocenters. The highest BCUT2D eigenvalue weighted by Crippen LogP contribution is 2.28. The second-order valence-electron chi connectivity index (χ2n) is 6.73. The normalized spacial score (nSPS) is 22.5. The molecule has 1 aliphatic heterocycles. The van der Waals surface area contributed by atoms with Gasteiger partial charge in [-0.25, -0.2) is 0 Å². The van der Waals surface area contributed by atoms with Gasteiger partial charge >= 0.3 is 0 Å². The summed E-state index contributed by atoms with van der Waals surface area (Å²) in [6.45, 7) is 5.61. The minimum Gasteiger partial charge on any atom is -0.368 e. The van der Waals surface area contributed by atoms with Gasteiger partial charge in [0.2, 0.25) is 5.91 Å². The maximum Gasteiger partial charge on any atom is 0.242 e. The molecule has 26 heavy (non-hydrogen) atoms. The molecule has 1 heterocycles. The zero-order valence-corrected chi connectivity index (χ0v) is 18.3. The number of aliphatic imine (C=N–C) groups is 1. The lowest BCUT2D eigenvalue weighted by molar-refractivity contribution is -0.130. The number of amides is 1. The third-order valence-corrected chi connectivity index (χ3v) is 5.14. The lowest BCUT2D eigenvalue weighted by Crippen LogP contribution is -2.52. The zero-order chi connectivity index (χ0) is 17.8. The zero-order valence-electron chi connectivity index (χ0n) is 15.2. The van der Waals surface area contributed by atoms with Crippen LogP contribution in [-0.2, 0) is 4.79 Å². The summed E-state index contributed by atoms with van der Waals surface area (Å²) in [5.74, 6) is 1.51.